The van der Waals surface area contributed by atoms with Crippen LogP contribution in [0, 0.1) is 11.3 Å². The van der Waals surface area contributed by atoms with Gasteiger partial charge >= 0.3 is 0 Å². The second kappa shape index (κ2) is 4.99. The summed E-state index contributed by atoms with van der Waals surface area (Å²) in [6.07, 6.45) is 1.80. The number of hydrogen-bond donors (Lipinski definition) is 2. The summed E-state index contributed by atoms with van der Waals surface area (Å²) in [5.41, 5.74) is 8.61. The van der Waals surface area contributed by atoms with Crippen LogP contribution in [0.2, 0.25) is 0 Å². The number of imidazole rings is 1. The van der Waals surface area contributed by atoms with Crippen molar-refractivity contribution in [2.75, 3.05) is 5.32 Å². The van der Waals surface area contributed by atoms with Crippen LogP contribution in [-0.4, -0.2) is 14.6 Å². The molecule has 6 nitrogen and oxygen atoms in total. The standard InChI is InChI=1S/C14H12N6/c15-7-10-1-3-11(4-2-10)17-13-5-6-14-18-12(8-16)9-20(14)19-13/h1-6,9H,8,16H2,(H,17,19). The number of nitrogens with one attached hydrogen (secondary N) is 1. The number of nitriles is 1. The summed E-state index contributed by atoms with van der Waals surface area (Å²) in [4.78, 5) is 4.31. The molecule has 3 rings (SSSR count). The van der Waals surface area contributed by atoms with Crippen molar-refractivity contribution in [2.24, 2.45) is 5.73 Å². The fourth-order valence-corrected chi connectivity index (χ4v) is 1.87. The van der Waals surface area contributed by atoms with Crippen molar-refractivity contribution in [1.82, 2.24) is 14.6 Å². The molecule has 0 saturated carbocycles. The molecule has 0 saturated heterocycles. The first-order valence-electron chi connectivity index (χ1n) is 6.11. The molecule has 3 N–H and O–H groups in total. The van der Waals surface area contributed by atoms with Crippen LogP contribution in [0.5, 0.6) is 0 Å². The Balaban J connectivity index is 1.88. The minimum absolute atomic E-state index is 0.391. The fraction of sp³-hybridized carbons (Fsp3) is 0.0714. The van der Waals surface area contributed by atoms with Crippen molar-refractivity contribution in [3.05, 3.63) is 53.9 Å². The molecule has 2 aromatic heterocycles. The summed E-state index contributed by atoms with van der Waals surface area (Å²) in [6, 6.07) is 13.0. The van der Waals surface area contributed by atoms with Crippen molar-refractivity contribution in [3.63, 3.8) is 0 Å². The van der Waals surface area contributed by atoms with E-state index in [0.29, 0.717) is 17.9 Å². The molecule has 0 unspecified atom stereocenters. The van der Waals surface area contributed by atoms with E-state index >= 15 is 0 Å². The molecule has 1 aromatic carbocycles. The summed E-state index contributed by atoms with van der Waals surface area (Å²) < 4.78 is 1.69. The minimum atomic E-state index is 0.391. The molecular formula is C14H12N6. The van der Waals surface area contributed by atoms with Gasteiger partial charge < -0.3 is 11.1 Å². The van der Waals surface area contributed by atoms with Crippen LogP contribution in [0.25, 0.3) is 5.65 Å². The molecule has 0 atom stereocenters. The van der Waals surface area contributed by atoms with Crippen LogP contribution in [0.1, 0.15) is 11.3 Å². The molecule has 0 amide bonds. The molecular weight excluding hydrogens is 252 g/mol. The largest absolute Gasteiger partial charge is 0.339 e. The number of fused-ring (bicyclic) bond motifs is 1. The van der Waals surface area contributed by atoms with Gasteiger partial charge in [0.05, 0.1) is 23.5 Å². The highest BCUT2D eigenvalue weighted by molar-refractivity contribution is 5.58. The van der Waals surface area contributed by atoms with Gasteiger partial charge in [0, 0.05) is 12.2 Å². The van der Waals surface area contributed by atoms with Crippen molar-refractivity contribution >= 4 is 17.2 Å². The average molecular weight is 264 g/mol. The minimum Gasteiger partial charge on any atom is -0.339 e. The van der Waals surface area contributed by atoms with Crippen molar-refractivity contribution in [2.45, 2.75) is 6.54 Å². The van der Waals surface area contributed by atoms with E-state index < -0.39 is 0 Å². The normalized spacial score (nSPS) is 10.4. The van der Waals surface area contributed by atoms with E-state index in [9.17, 15) is 0 Å². The van der Waals surface area contributed by atoms with Gasteiger partial charge in [0.2, 0.25) is 0 Å². The zero-order chi connectivity index (χ0) is 13.9. The van der Waals surface area contributed by atoms with E-state index in [1.807, 2.05) is 24.3 Å². The summed E-state index contributed by atoms with van der Waals surface area (Å²) in [6.45, 7) is 0.391. The van der Waals surface area contributed by atoms with Gasteiger partial charge in [-0.1, -0.05) is 0 Å². The predicted molar refractivity (Wildman–Crippen MR) is 75.3 cm³/mol. The Kier molecular flexibility index (Phi) is 3.03. The number of aromatic nitrogens is 3. The summed E-state index contributed by atoms with van der Waals surface area (Å²) in [5, 5.41) is 16.3. The van der Waals surface area contributed by atoms with Crippen molar-refractivity contribution in [1.29, 1.82) is 5.26 Å². The van der Waals surface area contributed by atoms with Gasteiger partial charge in [0.25, 0.3) is 0 Å². The van der Waals surface area contributed by atoms with Crippen LogP contribution in [-0.2, 0) is 6.54 Å². The zero-order valence-corrected chi connectivity index (χ0v) is 10.6. The van der Waals surface area contributed by atoms with Crippen molar-refractivity contribution in [3.8, 4) is 6.07 Å². The van der Waals surface area contributed by atoms with Gasteiger partial charge in [0.15, 0.2) is 11.5 Å². The van der Waals surface area contributed by atoms with E-state index in [4.69, 9.17) is 11.0 Å². The number of hydrogen-bond acceptors (Lipinski definition) is 5. The van der Waals surface area contributed by atoms with E-state index in [1.165, 1.54) is 0 Å². The summed E-state index contributed by atoms with van der Waals surface area (Å²) in [5.74, 6) is 0.697. The molecule has 0 radical (unpaired) electrons. The molecule has 0 fully saturated rings. The van der Waals surface area contributed by atoms with Crippen LogP contribution in [0.3, 0.4) is 0 Å². The van der Waals surface area contributed by atoms with Crippen LogP contribution < -0.4 is 11.1 Å². The lowest BCUT2D eigenvalue weighted by molar-refractivity contribution is 0.934. The highest BCUT2D eigenvalue weighted by atomic mass is 15.3. The SMILES string of the molecule is N#Cc1ccc(Nc2ccc3nc(CN)cn3n2)cc1. The number of rotatable bonds is 3. The maximum atomic E-state index is 8.76. The molecule has 3 aromatic rings. The third-order valence-corrected chi connectivity index (χ3v) is 2.87. The second-order valence-corrected chi connectivity index (χ2v) is 4.27. The molecule has 0 spiro atoms. The van der Waals surface area contributed by atoms with Crippen LogP contribution >= 0.6 is 0 Å². The molecule has 0 aliphatic carbocycles. The highest BCUT2D eigenvalue weighted by Gasteiger charge is 2.03. The van der Waals surface area contributed by atoms with Gasteiger partial charge in [-0.2, -0.15) is 5.26 Å². The lowest BCUT2D eigenvalue weighted by Gasteiger charge is -2.05. The third-order valence-electron chi connectivity index (χ3n) is 2.87. The first-order chi connectivity index (χ1) is 9.78. The van der Waals surface area contributed by atoms with Gasteiger partial charge in [-0.3, -0.25) is 0 Å². The third kappa shape index (κ3) is 2.30. The van der Waals surface area contributed by atoms with Gasteiger partial charge in [0.1, 0.15) is 0 Å². The van der Waals surface area contributed by atoms with Crippen molar-refractivity contribution < 1.29 is 0 Å². The Morgan fingerprint density at radius 3 is 2.70 bits per heavy atom. The Morgan fingerprint density at radius 2 is 2.00 bits per heavy atom. The molecule has 6 heteroatoms. The number of nitrogens with two attached hydrogens (primary N) is 1. The highest BCUT2D eigenvalue weighted by Crippen LogP contribution is 2.15. The Morgan fingerprint density at radius 1 is 1.20 bits per heavy atom. The second-order valence-electron chi connectivity index (χ2n) is 4.27. The number of nitrogens with zero attached hydrogens (tertiary/aromatic N) is 4. The summed E-state index contributed by atoms with van der Waals surface area (Å²) >= 11 is 0. The van der Waals surface area contributed by atoms with Crippen LogP contribution in [0.4, 0.5) is 11.5 Å². The molecule has 0 bridgehead atoms. The van der Waals surface area contributed by atoms with E-state index in [-0.39, 0.29) is 0 Å². The van der Waals surface area contributed by atoms with E-state index in [2.05, 4.69) is 21.5 Å². The monoisotopic (exact) mass is 264 g/mol. The van der Waals surface area contributed by atoms with Gasteiger partial charge in [-0.05, 0) is 36.4 Å². The molecule has 0 aliphatic heterocycles. The molecule has 0 aliphatic rings. The van der Waals surface area contributed by atoms with Gasteiger partial charge in [-0.15, -0.1) is 5.10 Å². The Bertz CT molecular complexity index is 782. The first kappa shape index (κ1) is 12.1. The number of benzene rings is 1. The van der Waals surface area contributed by atoms with E-state index in [1.54, 1.807) is 22.8 Å². The Labute approximate surface area is 115 Å². The lowest BCUT2D eigenvalue weighted by Crippen LogP contribution is -1.98. The lowest BCUT2D eigenvalue weighted by atomic mass is 10.2. The predicted octanol–water partition coefficient (Wildman–Crippen LogP) is 1.80. The first-order valence-corrected chi connectivity index (χ1v) is 6.11. The fourth-order valence-electron chi connectivity index (χ4n) is 1.87. The average Bonchev–Trinajstić information content (AvgIpc) is 2.90. The maximum absolute atomic E-state index is 8.76. The smallest absolute Gasteiger partial charge is 0.153 e. The maximum Gasteiger partial charge on any atom is 0.153 e. The molecule has 20 heavy (non-hydrogen) atoms. The zero-order valence-electron chi connectivity index (χ0n) is 10.6. The Hall–Kier alpha value is -2.91. The molecule has 98 valence electrons. The quantitative estimate of drug-likeness (QED) is 0.752. The number of anilines is 2. The molecule has 2 heterocycles. The summed E-state index contributed by atoms with van der Waals surface area (Å²) in [7, 11) is 0. The van der Waals surface area contributed by atoms with Gasteiger partial charge in [-0.25, -0.2) is 9.50 Å². The van der Waals surface area contributed by atoms with Crippen LogP contribution in [0.15, 0.2) is 42.6 Å². The van der Waals surface area contributed by atoms with E-state index in [0.717, 1.165) is 17.0 Å². The topological polar surface area (TPSA) is 92.0 Å².